The summed E-state index contributed by atoms with van der Waals surface area (Å²) >= 11 is 0. The van der Waals surface area contributed by atoms with Crippen LogP contribution in [0.15, 0.2) is 85.5 Å². The Bertz CT molecular complexity index is 1370. The molecule has 0 saturated carbocycles. The van der Waals surface area contributed by atoms with Crippen molar-refractivity contribution >= 4 is 11.7 Å². The van der Waals surface area contributed by atoms with Crippen LogP contribution in [0.25, 0.3) is 16.9 Å². The number of ether oxygens (including phenoxy) is 2. The van der Waals surface area contributed by atoms with Gasteiger partial charge in [-0.15, -0.1) is 0 Å². The van der Waals surface area contributed by atoms with E-state index in [1.165, 1.54) is 0 Å². The molecule has 4 aromatic rings. The molecular weight excluding hydrogens is 438 g/mol. The number of amides is 1. The number of hydrogen-bond acceptors (Lipinski definition) is 4. The molecule has 6 heteroatoms. The fourth-order valence-electron chi connectivity index (χ4n) is 4.49. The van der Waals surface area contributed by atoms with Gasteiger partial charge in [0.15, 0.2) is 11.5 Å². The molecule has 6 nitrogen and oxygen atoms in total. The first kappa shape index (κ1) is 22.5. The molecule has 1 amide bonds. The monoisotopic (exact) mass is 465 g/mol. The number of methoxy groups -OCH3 is 1. The van der Waals surface area contributed by atoms with Crippen molar-refractivity contribution in [2.45, 2.75) is 19.3 Å². The van der Waals surface area contributed by atoms with E-state index in [1.54, 1.807) is 13.2 Å². The number of aromatic nitrogens is 2. The normalized spacial score (nSPS) is 14.7. The standard InChI is InChI=1S/C29H27N3O3/c1-4-16-35-24-15-12-21(17-25(24)34-3)23-18-26(33)30-29-27(23)28(20-8-6-5-7-9-20)31-32(29)22-13-10-19(2)11-14-22/h4-15,17,23H,1,16,18H2,2-3H3,(H,30,33). The van der Waals surface area contributed by atoms with Crippen molar-refractivity contribution in [1.82, 2.24) is 9.78 Å². The van der Waals surface area contributed by atoms with Gasteiger partial charge < -0.3 is 14.8 Å². The van der Waals surface area contributed by atoms with E-state index in [0.717, 1.165) is 33.6 Å². The second-order valence-corrected chi connectivity index (χ2v) is 8.54. The Morgan fingerprint density at radius 1 is 1.09 bits per heavy atom. The number of nitrogens with zero attached hydrogens (tertiary/aromatic N) is 2. The van der Waals surface area contributed by atoms with Gasteiger partial charge in [-0.1, -0.05) is 66.7 Å². The number of aryl methyl sites for hydroxylation is 1. The van der Waals surface area contributed by atoms with E-state index in [0.29, 0.717) is 30.3 Å². The number of nitrogens with one attached hydrogen (secondary N) is 1. The fourth-order valence-corrected chi connectivity index (χ4v) is 4.49. The number of fused-ring (bicyclic) bond motifs is 1. The molecule has 1 aliphatic rings. The van der Waals surface area contributed by atoms with Crippen LogP contribution >= 0.6 is 0 Å². The topological polar surface area (TPSA) is 65.4 Å². The third kappa shape index (κ3) is 4.30. The predicted molar refractivity (Wildman–Crippen MR) is 138 cm³/mol. The number of carbonyl (C=O) groups excluding carboxylic acids is 1. The quantitative estimate of drug-likeness (QED) is 0.345. The minimum absolute atomic E-state index is 0.0543. The van der Waals surface area contributed by atoms with Crippen LogP contribution in [0.1, 0.15) is 29.0 Å². The highest BCUT2D eigenvalue weighted by molar-refractivity contribution is 5.96. The van der Waals surface area contributed by atoms with Crippen molar-refractivity contribution < 1.29 is 14.3 Å². The smallest absolute Gasteiger partial charge is 0.226 e. The average molecular weight is 466 g/mol. The van der Waals surface area contributed by atoms with Gasteiger partial charge in [-0.05, 0) is 36.8 Å². The maximum atomic E-state index is 12.9. The van der Waals surface area contributed by atoms with Gasteiger partial charge in [-0.3, -0.25) is 4.79 Å². The van der Waals surface area contributed by atoms with Gasteiger partial charge in [0, 0.05) is 23.5 Å². The highest BCUT2D eigenvalue weighted by Crippen LogP contribution is 2.45. The molecule has 1 aromatic heterocycles. The number of benzene rings is 3. The van der Waals surface area contributed by atoms with E-state index in [4.69, 9.17) is 14.6 Å². The van der Waals surface area contributed by atoms with Gasteiger partial charge in [-0.2, -0.15) is 5.10 Å². The van der Waals surface area contributed by atoms with Gasteiger partial charge >= 0.3 is 0 Å². The third-order valence-corrected chi connectivity index (χ3v) is 6.19. The van der Waals surface area contributed by atoms with Crippen LogP contribution in [0.5, 0.6) is 11.5 Å². The summed E-state index contributed by atoms with van der Waals surface area (Å²) in [6.45, 7) is 6.14. The second kappa shape index (κ2) is 9.50. The first-order valence-electron chi connectivity index (χ1n) is 11.6. The van der Waals surface area contributed by atoms with Crippen molar-refractivity contribution in [2.75, 3.05) is 19.0 Å². The number of anilines is 1. The van der Waals surface area contributed by atoms with Crippen LogP contribution in [-0.2, 0) is 4.79 Å². The molecule has 3 aromatic carbocycles. The van der Waals surface area contributed by atoms with Crippen LogP contribution in [0.4, 0.5) is 5.82 Å². The van der Waals surface area contributed by atoms with E-state index in [2.05, 4.69) is 11.9 Å². The summed E-state index contributed by atoms with van der Waals surface area (Å²) in [6, 6.07) is 24.0. The summed E-state index contributed by atoms with van der Waals surface area (Å²) in [4.78, 5) is 12.9. The number of rotatable bonds is 7. The second-order valence-electron chi connectivity index (χ2n) is 8.54. The lowest BCUT2D eigenvalue weighted by Gasteiger charge is -2.25. The maximum Gasteiger partial charge on any atom is 0.226 e. The first-order chi connectivity index (χ1) is 17.1. The molecule has 35 heavy (non-hydrogen) atoms. The van der Waals surface area contributed by atoms with Crippen LogP contribution in [0, 0.1) is 6.92 Å². The summed E-state index contributed by atoms with van der Waals surface area (Å²) in [5.74, 6) is 1.69. The lowest BCUT2D eigenvalue weighted by atomic mass is 9.84. The molecule has 1 N–H and O–H groups in total. The molecule has 1 atom stereocenters. The molecule has 176 valence electrons. The molecule has 5 rings (SSSR count). The van der Waals surface area contributed by atoms with Gasteiger partial charge in [0.05, 0.1) is 18.5 Å². The molecule has 1 unspecified atom stereocenters. The minimum Gasteiger partial charge on any atom is -0.493 e. The Kier molecular flexibility index (Phi) is 6.10. The summed E-state index contributed by atoms with van der Waals surface area (Å²) < 4.78 is 13.2. The zero-order valence-electron chi connectivity index (χ0n) is 19.8. The van der Waals surface area contributed by atoms with Gasteiger partial charge in [0.2, 0.25) is 5.91 Å². The zero-order valence-corrected chi connectivity index (χ0v) is 19.8. The van der Waals surface area contributed by atoms with Crippen molar-refractivity contribution in [1.29, 1.82) is 0 Å². The lowest BCUT2D eigenvalue weighted by molar-refractivity contribution is -0.116. The van der Waals surface area contributed by atoms with E-state index in [9.17, 15) is 4.79 Å². The Hall–Kier alpha value is -4.32. The van der Waals surface area contributed by atoms with Crippen molar-refractivity contribution in [3.8, 4) is 28.4 Å². The Morgan fingerprint density at radius 2 is 1.86 bits per heavy atom. The molecular formula is C29H27N3O3. The molecule has 0 saturated heterocycles. The molecule has 0 radical (unpaired) electrons. The van der Waals surface area contributed by atoms with E-state index in [1.807, 2.05) is 84.4 Å². The molecule has 0 bridgehead atoms. The third-order valence-electron chi connectivity index (χ3n) is 6.19. The lowest BCUT2D eigenvalue weighted by Crippen LogP contribution is -2.25. The van der Waals surface area contributed by atoms with Crippen LogP contribution in [0.3, 0.4) is 0 Å². The van der Waals surface area contributed by atoms with Crippen molar-refractivity contribution in [3.63, 3.8) is 0 Å². The Balaban J connectivity index is 1.69. The SMILES string of the molecule is C=CCOc1ccc(C2CC(=O)Nc3c2c(-c2ccccc2)nn3-c2ccc(C)cc2)cc1OC. The van der Waals surface area contributed by atoms with Crippen LogP contribution < -0.4 is 14.8 Å². The molecule has 0 spiro atoms. The summed E-state index contributed by atoms with van der Waals surface area (Å²) in [5.41, 5.74) is 5.83. The summed E-state index contributed by atoms with van der Waals surface area (Å²) in [6.07, 6.45) is 2.00. The highest BCUT2D eigenvalue weighted by Gasteiger charge is 2.34. The predicted octanol–water partition coefficient (Wildman–Crippen LogP) is 5.90. The Labute approximate surface area is 204 Å². The fraction of sp³-hybridized carbons (Fsp3) is 0.172. The minimum atomic E-state index is -0.199. The molecule has 0 aliphatic carbocycles. The van der Waals surface area contributed by atoms with E-state index >= 15 is 0 Å². The largest absolute Gasteiger partial charge is 0.493 e. The molecule has 2 heterocycles. The maximum absolute atomic E-state index is 12.9. The van der Waals surface area contributed by atoms with Crippen molar-refractivity contribution in [3.05, 3.63) is 102 Å². The summed E-state index contributed by atoms with van der Waals surface area (Å²) in [5, 5.41) is 8.10. The number of hydrogen-bond donors (Lipinski definition) is 1. The molecule has 1 aliphatic heterocycles. The van der Waals surface area contributed by atoms with E-state index < -0.39 is 0 Å². The number of carbonyl (C=O) groups is 1. The van der Waals surface area contributed by atoms with Crippen molar-refractivity contribution in [2.24, 2.45) is 0 Å². The first-order valence-corrected chi connectivity index (χ1v) is 11.6. The highest BCUT2D eigenvalue weighted by atomic mass is 16.5. The van der Waals surface area contributed by atoms with E-state index in [-0.39, 0.29) is 11.8 Å². The Morgan fingerprint density at radius 3 is 2.57 bits per heavy atom. The average Bonchev–Trinajstić information content (AvgIpc) is 3.27. The van der Waals surface area contributed by atoms with Gasteiger partial charge in [-0.25, -0.2) is 4.68 Å². The van der Waals surface area contributed by atoms with Crippen LogP contribution in [0.2, 0.25) is 0 Å². The zero-order chi connectivity index (χ0) is 24.4. The van der Waals surface area contributed by atoms with Crippen LogP contribution in [-0.4, -0.2) is 29.4 Å². The summed E-state index contributed by atoms with van der Waals surface area (Å²) in [7, 11) is 1.61. The van der Waals surface area contributed by atoms with Gasteiger partial charge in [0.1, 0.15) is 12.4 Å². The molecule has 0 fully saturated rings. The van der Waals surface area contributed by atoms with Gasteiger partial charge in [0.25, 0.3) is 0 Å².